The van der Waals surface area contributed by atoms with E-state index >= 15 is 0 Å². The number of para-hydroxylation sites is 2. The van der Waals surface area contributed by atoms with Crippen LogP contribution in [0.2, 0.25) is 0 Å². The number of rotatable bonds is 6. The molecule has 0 bridgehead atoms. The average Bonchev–Trinajstić information content (AvgIpc) is 3.04. The van der Waals surface area contributed by atoms with Crippen LogP contribution in [0.5, 0.6) is 0 Å². The van der Waals surface area contributed by atoms with E-state index < -0.39 is 0 Å². The maximum Gasteiger partial charge on any atom is 0.230 e. The van der Waals surface area contributed by atoms with Gasteiger partial charge in [0, 0.05) is 6.04 Å². The molecule has 3 atom stereocenters. The molecule has 24 heavy (non-hydrogen) atoms. The predicted molar refractivity (Wildman–Crippen MR) is 99.9 cm³/mol. The fourth-order valence-electron chi connectivity index (χ4n) is 3.37. The Labute approximate surface area is 147 Å². The fourth-order valence-corrected chi connectivity index (χ4v) is 4.13. The van der Waals surface area contributed by atoms with Crippen molar-refractivity contribution in [3.63, 3.8) is 0 Å². The van der Waals surface area contributed by atoms with Crippen LogP contribution in [0.1, 0.15) is 43.7 Å². The monoisotopic (exact) mass is 346 g/mol. The van der Waals surface area contributed by atoms with Crippen molar-refractivity contribution in [2.75, 3.05) is 12.3 Å². The molecule has 1 aliphatic rings. The molecule has 1 aromatic carbocycles. The third kappa shape index (κ3) is 4.11. The molecule has 0 aliphatic heterocycles. The van der Waals surface area contributed by atoms with E-state index in [-0.39, 0.29) is 17.2 Å². The van der Waals surface area contributed by atoms with Crippen LogP contribution in [0.15, 0.2) is 24.3 Å². The smallest absolute Gasteiger partial charge is 0.230 e. The van der Waals surface area contributed by atoms with Crippen LogP contribution >= 0.6 is 11.8 Å². The van der Waals surface area contributed by atoms with Crippen LogP contribution in [0.25, 0.3) is 11.0 Å². The Hall–Kier alpha value is -1.53. The third-order valence-corrected chi connectivity index (χ3v) is 5.97. The molecule has 1 fully saturated rings. The summed E-state index contributed by atoms with van der Waals surface area (Å²) in [5.74, 6) is 1.91. The van der Waals surface area contributed by atoms with Gasteiger partial charge in [0.1, 0.15) is 5.82 Å². The van der Waals surface area contributed by atoms with Crippen LogP contribution in [-0.2, 0) is 4.79 Å². The molecule has 5 nitrogen and oxygen atoms in total. The Balaban J connectivity index is 1.51. The summed E-state index contributed by atoms with van der Waals surface area (Å²) in [5.41, 5.74) is 7.84. The summed E-state index contributed by atoms with van der Waals surface area (Å²) < 4.78 is 0. The normalized spacial score (nSPS) is 22.4. The summed E-state index contributed by atoms with van der Waals surface area (Å²) in [7, 11) is 0. The molecule has 3 unspecified atom stereocenters. The second-order valence-corrected chi connectivity index (χ2v) is 7.88. The number of hydrogen-bond donors (Lipinski definition) is 3. The largest absolute Gasteiger partial charge is 0.352 e. The molecule has 1 aliphatic carbocycles. The first-order chi connectivity index (χ1) is 11.7. The topological polar surface area (TPSA) is 83.8 Å². The maximum atomic E-state index is 12.3. The lowest BCUT2D eigenvalue weighted by Gasteiger charge is -2.31. The summed E-state index contributed by atoms with van der Waals surface area (Å²) in [6.07, 6.45) is 4.59. The summed E-state index contributed by atoms with van der Waals surface area (Å²) in [6, 6.07) is 8.24. The fraction of sp³-hybridized carbons (Fsp3) is 0.556. The van der Waals surface area contributed by atoms with Crippen molar-refractivity contribution in [2.24, 2.45) is 11.7 Å². The van der Waals surface area contributed by atoms with Gasteiger partial charge in [-0.15, -0.1) is 11.8 Å². The number of aromatic nitrogens is 2. The van der Waals surface area contributed by atoms with E-state index in [2.05, 4.69) is 22.2 Å². The first-order valence-corrected chi connectivity index (χ1v) is 9.78. The molecule has 1 amide bonds. The molecule has 3 rings (SSSR count). The molecule has 6 heteroatoms. The van der Waals surface area contributed by atoms with Crippen molar-refractivity contribution in [1.29, 1.82) is 0 Å². The molecule has 1 heterocycles. The molecular weight excluding hydrogens is 320 g/mol. The van der Waals surface area contributed by atoms with E-state index in [1.807, 2.05) is 24.3 Å². The highest BCUT2D eigenvalue weighted by molar-refractivity contribution is 8.00. The molecule has 0 spiro atoms. The number of carbonyl (C=O) groups is 1. The molecule has 0 saturated heterocycles. The zero-order chi connectivity index (χ0) is 16.9. The minimum Gasteiger partial charge on any atom is -0.352 e. The molecule has 130 valence electrons. The van der Waals surface area contributed by atoms with Gasteiger partial charge in [-0.3, -0.25) is 4.79 Å². The molecule has 2 aromatic rings. The Morgan fingerprint density at radius 1 is 1.42 bits per heavy atom. The van der Waals surface area contributed by atoms with Gasteiger partial charge >= 0.3 is 0 Å². The minimum absolute atomic E-state index is 0.105. The number of carbonyl (C=O) groups excluding carboxylic acids is 1. The number of hydrogen-bond acceptors (Lipinski definition) is 4. The molecule has 0 radical (unpaired) electrons. The quantitative estimate of drug-likeness (QED) is 0.751. The number of aromatic amines is 1. The lowest BCUT2D eigenvalue weighted by Crippen LogP contribution is -2.45. The first kappa shape index (κ1) is 17.3. The number of benzene rings is 1. The van der Waals surface area contributed by atoms with Crippen molar-refractivity contribution in [1.82, 2.24) is 15.3 Å². The zero-order valence-corrected chi connectivity index (χ0v) is 14.9. The van der Waals surface area contributed by atoms with Gasteiger partial charge < -0.3 is 16.0 Å². The zero-order valence-electron chi connectivity index (χ0n) is 14.1. The molecule has 4 N–H and O–H groups in total. The Morgan fingerprint density at radius 2 is 2.21 bits per heavy atom. The Kier molecular flexibility index (Phi) is 5.79. The van der Waals surface area contributed by atoms with Crippen molar-refractivity contribution in [3.05, 3.63) is 30.1 Å². The van der Waals surface area contributed by atoms with Crippen LogP contribution in [0, 0.1) is 5.92 Å². The van der Waals surface area contributed by atoms with Gasteiger partial charge in [0.15, 0.2) is 0 Å². The highest BCUT2D eigenvalue weighted by atomic mass is 32.2. The minimum atomic E-state index is 0.105. The third-order valence-electron chi connectivity index (χ3n) is 4.82. The lowest BCUT2D eigenvalue weighted by molar-refractivity contribution is -0.119. The van der Waals surface area contributed by atoms with Crippen LogP contribution in [0.3, 0.4) is 0 Å². The van der Waals surface area contributed by atoms with Crippen molar-refractivity contribution in [2.45, 2.75) is 43.9 Å². The summed E-state index contributed by atoms with van der Waals surface area (Å²) in [4.78, 5) is 20.2. The van der Waals surface area contributed by atoms with E-state index in [0.717, 1.165) is 29.7 Å². The van der Waals surface area contributed by atoms with Gasteiger partial charge in [-0.25, -0.2) is 4.98 Å². The highest BCUT2D eigenvalue weighted by Gasteiger charge is 2.25. The molecular formula is C18H26N4OS. The Morgan fingerprint density at radius 3 is 3.00 bits per heavy atom. The van der Waals surface area contributed by atoms with E-state index in [0.29, 0.717) is 18.2 Å². The average molecular weight is 346 g/mol. The number of nitrogens with two attached hydrogens (primary N) is 1. The second kappa shape index (κ2) is 8.03. The first-order valence-electron chi connectivity index (χ1n) is 8.73. The van der Waals surface area contributed by atoms with E-state index in [9.17, 15) is 4.79 Å². The standard InChI is InChI=1S/C18H26N4OS/c1-12(18-21-15-8-4-5-9-16(15)22-18)24-11-17(23)20-14-7-3-2-6-13(14)10-19/h4-5,8-9,12-14H,2-3,6-7,10-11,19H2,1H3,(H,20,23)(H,21,22). The van der Waals surface area contributed by atoms with Gasteiger partial charge in [0.05, 0.1) is 22.0 Å². The van der Waals surface area contributed by atoms with Crippen LogP contribution in [0.4, 0.5) is 0 Å². The van der Waals surface area contributed by atoms with E-state index in [4.69, 9.17) is 5.73 Å². The van der Waals surface area contributed by atoms with Gasteiger partial charge in [-0.1, -0.05) is 25.0 Å². The van der Waals surface area contributed by atoms with Gasteiger partial charge in [0.2, 0.25) is 5.91 Å². The lowest BCUT2D eigenvalue weighted by atomic mass is 9.84. The van der Waals surface area contributed by atoms with E-state index in [1.54, 1.807) is 11.8 Å². The maximum absolute atomic E-state index is 12.3. The van der Waals surface area contributed by atoms with Gasteiger partial charge in [-0.2, -0.15) is 0 Å². The van der Waals surface area contributed by atoms with Crippen molar-refractivity contribution < 1.29 is 4.79 Å². The number of fused-ring (bicyclic) bond motifs is 1. The van der Waals surface area contributed by atoms with Crippen LogP contribution < -0.4 is 11.1 Å². The highest BCUT2D eigenvalue weighted by Crippen LogP contribution is 2.28. The number of amides is 1. The number of imidazole rings is 1. The predicted octanol–water partition coefficient (Wildman–Crippen LogP) is 2.99. The summed E-state index contributed by atoms with van der Waals surface area (Å²) in [5, 5.41) is 3.34. The molecule has 1 saturated carbocycles. The summed E-state index contributed by atoms with van der Waals surface area (Å²) >= 11 is 1.61. The number of nitrogens with one attached hydrogen (secondary N) is 2. The SMILES string of the molecule is CC(SCC(=O)NC1CCCCC1CN)c1nc2ccccc2[nH]1. The Bertz CT molecular complexity index is 653. The van der Waals surface area contributed by atoms with Crippen molar-refractivity contribution in [3.8, 4) is 0 Å². The second-order valence-electron chi connectivity index (χ2n) is 6.55. The van der Waals surface area contributed by atoms with Crippen LogP contribution in [-0.4, -0.2) is 34.2 Å². The number of H-pyrrole nitrogens is 1. The number of thioether (sulfide) groups is 1. The number of nitrogens with zero attached hydrogens (tertiary/aromatic N) is 1. The van der Waals surface area contributed by atoms with Crippen molar-refractivity contribution >= 4 is 28.7 Å². The van der Waals surface area contributed by atoms with E-state index in [1.165, 1.54) is 12.8 Å². The van der Waals surface area contributed by atoms with Gasteiger partial charge in [-0.05, 0) is 44.4 Å². The van der Waals surface area contributed by atoms with Gasteiger partial charge in [0.25, 0.3) is 0 Å². The summed E-state index contributed by atoms with van der Waals surface area (Å²) in [6.45, 7) is 2.74. The molecule has 1 aromatic heterocycles.